The van der Waals surface area contributed by atoms with Crippen molar-refractivity contribution in [1.29, 1.82) is 0 Å². The molecule has 0 saturated carbocycles. The maximum Gasteiger partial charge on any atom is 0.306 e. The van der Waals surface area contributed by atoms with Crippen LogP contribution in [0, 0.1) is 0 Å². The average molecular weight is 827 g/mol. The molecule has 0 aromatic carbocycles. The first-order valence-electron chi connectivity index (χ1n) is 25.7. The van der Waals surface area contributed by atoms with Gasteiger partial charge in [-0.25, -0.2) is 0 Å². The fraction of sp³-hybridized carbons (Fsp3) is 0.815. The molecule has 0 aliphatic heterocycles. The summed E-state index contributed by atoms with van der Waals surface area (Å²) in [6.07, 6.45) is 65.1. The number of allylic oxidation sites excluding steroid dienone is 8. The maximum absolute atomic E-state index is 12.2. The summed E-state index contributed by atoms with van der Waals surface area (Å²) < 4.78 is 10.6. The van der Waals surface area contributed by atoms with Crippen molar-refractivity contribution in [1.82, 2.24) is 0 Å². The Hall–Kier alpha value is -2.14. The van der Waals surface area contributed by atoms with E-state index in [2.05, 4.69) is 62.5 Å². The van der Waals surface area contributed by atoms with Gasteiger partial charge in [0.2, 0.25) is 0 Å². The molecule has 344 valence electrons. The van der Waals surface area contributed by atoms with E-state index in [0.29, 0.717) is 12.8 Å². The molecule has 0 aromatic heterocycles. The predicted molar refractivity (Wildman–Crippen MR) is 256 cm³/mol. The molecule has 0 aromatic rings. The van der Waals surface area contributed by atoms with Crippen molar-refractivity contribution in [3.05, 3.63) is 48.6 Å². The van der Waals surface area contributed by atoms with E-state index in [0.717, 1.165) is 57.8 Å². The molecule has 1 N–H and O–H groups in total. The van der Waals surface area contributed by atoms with Crippen LogP contribution in [-0.2, 0) is 19.1 Å². The SMILES string of the molecule is CCCCC/C=C\CCCCCCCC(=O)OCC(CO)OC(=O)CCCCCCCCCCCCCCCCCCCC/C=C\C/C=C\C/C=C\CCCCCCC. The minimum atomic E-state index is -0.773. The monoisotopic (exact) mass is 827 g/mol. The fourth-order valence-electron chi connectivity index (χ4n) is 7.44. The van der Waals surface area contributed by atoms with E-state index in [-0.39, 0.29) is 25.2 Å². The Kier molecular flexibility index (Phi) is 48.4. The lowest BCUT2D eigenvalue weighted by molar-refractivity contribution is -0.161. The molecule has 0 saturated heterocycles. The Morgan fingerprint density at radius 3 is 1.07 bits per heavy atom. The van der Waals surface area contributed by atoms with Gasteiger partial charge in [0.15, 0.2) is 6.10 Å². The van der Waals surface area contributed by atoms with Crippen LogP contribution < -0.4 is 0 Å². The van der Waals surface area contributed by atoms with Gasteiger partial charge in [-0.3, -0.25) is 9.59 Å². The first-order chi connectivity index (χ1) is 29.1. The zero-order valence-electron chi connectivity index (χ0n) is 39.3. The topological polar surface area (TPSA) is 72.8 Å². The fourth-order valence-corrected chi connectivity index (χ4v) is 7.44. The van der Waals surface area contributed by atoms with E-state index < -0.39 is 6.10 Å². The first-order valence-corrected chi connectivity index (χ1v) is 25.7. The zero-order chi connectivity index (χ0) is 42.8. The number of rotatable bonds is 47. The molecular weight excluding hydrogens is 729 g/mol. The van der Waals surface area contributed by atoms with Crippen molar-refractivity contribution < 1.29 is 24.2 Å². The maximum atomic E-state index is 12.2. The summed E-state index contributed by atoms with van der Waals surface area (Å²) in [6.45, 7) is 4.11. The van der Waals surface area contributed by atoms with Crippen molar-refractivity contribution in [2.24, 2.45) is 0 Å². The summed E-state index contributed by atoms with van der Waals surface area (Å²) in [5.41, 5.74) is 0. The van der Waals surface area contributed by atoms with Gasteiger partial charge in [-0.2, -0.15) is 0 Å². The highest BCUT2D eigenvalue weighted by atomic mass is 16.6. The molecule has 0 radical (unpaired) electrons. The number of carbonyl (C=O) groups excluding carboxylic acids is 2. The second-order valence-electron chi connectivity index (χ2n) is 17.2. The smallest absolute Gasteiger partial charge is 0.306 e. The van der Waals surface area contributed by atoms with Gasteiger partial charge in [-0.1, -0.05) is 223 Å². The summed E-state index contributed by atoms with van der Waals surface area (Å²) in [4.78, 5) is 24.3. The van der Waals surface area contributed by atoms with Gasteiger partial charge in [0.05, 0.1) is 6.61 Å². The minimum Gasteiger partial charge on any atom is -0.462 e. The van der Waals surface area contributed by atoms with E-state index in [1.807, 2.05) is 0 Å². The largest absolute Gasteiger partial charge is 0.462 e. The number of aliphatic hydroxyl groups is 1. The van der Waals surface area contributed by atoms with Crippen LogP contribution in [0.4, 0.5) is 0 Å². The van der Waals surface area contributed by atoms with Crippen LogP contribution in [-0.4, -0.2) is 36.4 Å². The Morgan fingerprint density at radius 1 is 0.390 bits per heavy atom. The van der Waals surface area contributed by atoms with Crippen molar-refractivity contribution in [2.75, 3.05) is 13.2 Å². The number of carbonyl (C=O) groups is 2. The zero-order valence-corrected chi connectivity index (χ0v) is 39.3. The number of esters is 2. The quantitative estimate of drug-likeness (QED) is 0.0376. The van der Waals surface area contributed by atoms with Crippen LogP contribution in [0.25, 0.3) is 0 Å². The minimum absolute atomic E-state index is 0.0679. The number of aliphatic hydroxyl groups excluding tert-OH is 1. The van der Waals surface area contributed by atoms with Gasteiger partial charge in [-0.05, 0) is 77.0 Å². The second-order valence-corrected chi connectivity index (χ2v) is 17.2. The van der Waals surface area contributed by atoms with Crippen molar-refractivity contribution in [2.45, 2.75) is 270 Å². The van der Waals surface area contributed by atoms with Gasteiger partial charge >= 0.3 is 11.9 Å². The third kappa shape index (κ3) is 48.4. The van der Waals surface area contributed by atoms with Crippen LogP contribution in [0.5, 0.6) is 0 Å². The molecule has 59 heavy (non-hydrogen) atoms. The summed E-state index contributed by atoms with van der Waals surface area (Å²) in [6, 6.07) is 0. The molecule has 0 spiro atoms. The molecule has 5 nitrogen and oxygen atoms in total. The molecule has 0 fully saturated rings. The molecule has 0 heterocycles. The number of hydrogen-bond acceptors (Lipinski definition) is 5. The molecular formula is C54H98O5. The van der Waals surface area contributed by atoms with Crippen LogP contribution in [0.3, 0.4) is 0 Å². The summed E-state index contributed by atoms with van der Waals surface area (Å²) in [5.74, 6) is -0.594. The molecule has 0 aliphatic carbocycles. The van der Waals surface area contributed by atoms with Crippen LogP contribution in [0.15, 0.2) is 48.6 Å². The molecule has 5 heteroatoms. The van der Waals surface area contributed by atoms with Gasteiger partial charge in [0, 0.05) is 12.8 Å². The van der Waals surface area contributed by atoms with Gasteiger partial charge in [0.25, 0.3) is 0 Å². The van der Waals surface area contributed by atoms with Crippen LogP contribution >= 0.6 is 0 Å². The lowest BCUT2D eigenvalue weighted by Crippen LogP contribution is -2.28. The Bertz CT molecular complexity index is 981. The van der Waals surface area contributed by atoms with E-state index >= 15 is 0 Å². The highest BCUT2D eigenvalue weighted by Crippen LogP contribution is 2.16. The van der Waals surface area contributed by atoms with Crippen LogP contribution in [0.1, 0.15) is 264 Å². The molecule has 0 rings (SSSR count). The lowest BCUT2D eigenvalue weighted by Gasteiger charge is -2.15. The molecule has 1 unspecified atom stereocenters. The first kappa shape index (κ1) is 56.9. The lowest BCUT2D eigenvalue weighted by atomic mass is 10.0. The van der Waals surface area contributed by atoms with Gasteiger partial charge in [0.1, 0.15) is 6.61 Å². The standard InChI is InChI=1S/C54H98O5/c1-3-5-7-9-11-13-15-17-18-19-20-21-22-23-24-25-26-27-28-29-30-31-32-33-34-35-36-37-39-41-43-45-47-49-54(57)59-52(50-55)51-58-53(56)48-46-44-42-40-38-16-14-12-10-8-6-4-2/h12,14-15,17,19-20,22-23,52,55H,3-11,13,16,18,21,24-51H2,1-2H3/b14-12-,17-15-,20-19-,23-22-. The van der Waals surface area contributed by atoms with Gasteiger partial charge < -0.3 is 14.6 Å². The average Bonchev–Trinajstić information content (AvgIpc) is 3.24. The van der Waals surface area contributed by atoms with Gasteiger partial charge in [-0.15, -0.1) is 0 Å². The molecule has 1 atom stereocenters. The summed E-state index contributed by atoms with van der Waals surface area (Å²) >= 11 is 0. The highest BCUT2D eigenvalue weighted by Gasteiger charge is 2.16. The molecule has 0 bridgehead atoms. The summed E-state index contributed by atoms with van der Waals surface area (Å²) in [5, 5.41) is 9.59. The number of hydrogen-bond donors (Lipinski definition) is 1. The molecule has 0 amide bonds. The van der Waals surface area contributed by atoms with E-state index in [4.69, 9.17) is 9.47 Å². The number of unbranched alkanes of at least 4 members (excludes halogenated alkanes) is 31. The number of ether oxygens (including phenoxy) is 2. The van der Waals surface area contributed by atoms with Crippen molar-refractivity contribution >= 4 is 11.9 Å². The second kappa shape index (κ2) is 50.2. The van der Waals surface area contributed by atoms with Crippen molar-refractivity contribution in [3.8, 4) is 0 Å². The van der Waals surface area contributed by atoms with Crippen molar-refractivity contribution in [3.63, 3.8) is 0 Å². The third-order valence-electron chi connectivity index (χ3n) is 11.3. The van der Waals surface area contributed by atoms with E-state index in [1.54, 1.807) is 0 Å². The Morgan fingerprint density at radius 2 is 0.678 bits per heavy atom. The third-order valence-corrected chi connectivity index (χ3v) is 11.3. The summed E-state index contributed by atoms with van der Waals surface area (Å²) in [7, 11) is 0. The highest BCUT2D eigenvalue weighted by molar-refractivity contribution is 5.70. The molecule has 0 aliphatic rings. The predicted octanol–water partition coefficient (Wildman–Crippen LogP) is 16.9. The van der Waals surface area contributed by atoms with Crippen LogP contribution in [0.2, 0.25) is 0 Å². The van der Waals surface area contributed by atoms with E-state index in [9.17, 15) is 14.7 Å². The van der Waals surface area contributed by atoms with E-state index in [1.165, 1.54) is 180 Å². The normalized spacial score (nSPS) is 12.5. The Labute approximate surface area is 367 Å². The Balaban J connectivity index is 3.43.